The number of aliphatic carboxylic acids is 1. The molecule has 0 spiro atoms. The van der Waals surface area contributed by atoms with Gasteiger partial charge in [-0.1, -0.05) is 0 Å². The van der Waals surface area contributed by atoms with E-state index in [1.165, 1.54) is 6.21 Å². The van der Waals surface area contributed by atoms with Crippen molar-refractivity contribution < 1.29 is 24.2 Å². The number of hydrazone groups is 1. The molecular weight excluding hydrogens is 646 g/mol. The number of rotatable bonds is 7. The van der Waals surface area contributed by atoms with Crippen LogP contribution in [0.4, 0.5) is 0 Å². The summed E-state index contributed by atoms with van der Waals surface area (Å²) in [7, 11) is 1.54. The van der Waals surface area contributed by atoms with Gasteiger partial charge in [0.1, 0.15) is 11.5 Å². The number of carboxylic acid groups (broad SMARTS) is 1. The summed E-state index contributed by atoms with van der Waals surface area (Å²) in [5, 5.41) is 12.7. The molecular formula is C17H13BrI2N2O5. The molecule has 0 bridgehead atoms. The van der Waals surface area contributed by atoms with Crippen molar-refractivity contribution >= 4 is 79.2 Å². The number of benzene rings is 2. The number of nitrogens with one attached hydrogen (secondary N) is 1. The number of carbonyl (C=O) groups is 2. The van der Waals surface area contributed by atoms with Crippen LogP contribution in [0.2, 0.25) is 0 Å². The fourth-order valence-corrected chi connectivity index (χ4v) is 4.28. The van der Waals surface area contributed by atoms with E-state index in [-0.39, 0.29) is 5.91 Å². The predicted molar refractivity (Wildman–Crippen MR) is 121 cm³/mol. The van der Waals surface area contributed by atoms with Crippen LogP contribution in [0, 0.1) is 7.14 Å². The maximum Gasteiger partial charge on any atom is 0.341 e. The summed E-state index contributed by atoms with van der Waals surface area (Å²) in [4.78, 5) is 22.8. The third kappa shape index (κ3) is 6.31. The molecule has 27 heavy (non-hydrogen) atoms. The van der Waals surface area contributed by atoms with Gasteiger partial charge in [0.2, 0.25) is 0 Å². The smallest absolute Gasteiger partial charge is 0.341 e. The summed E-state index contributed by atoms with van der Waals surface area (Å²) in [5.41, 5.74) is 3.59. The molecule has 2 aromatic rings. The predicted octanol–water partition coefficient (Wildman–Crippen LogP) is 3.89. The molecule has 1 amide bonds. The highest BCUT2D eigenvalue weighted by molar-refractivity contribution is 14.1. The minimum atomic E-state index is -1.06. The average molecular weight is 659 g/mol. The number of ether oxygens (including phenoxy) is 2. The van der Waals surface area contributed by atoms with Gasteiger partial charge in [-0.15, -0.1) is 0 Å². The Kier molecular flexibility index (Phi) is 8.28. The number of hydrogen-bond donors (Lipinski definition) is 2. The van der Waals surface area contributed by atoms with Crippen LogP contribution in [0.15, 0.2) is 39.9 Å². The van der Waals surface area contributed by atoms with Crippen molar-refractivity contribution in [3.05, 3.63) is 53.1 Å². The van der Waals surface area contributed by atoms with Crippen LogP contribution < -0.4 is 14.9 Å². The Balaban J connectivity index is 2.07. The lowest BCUT2D eigenvalue weighted by Gasteiger charge is -2.09. The Bertz CT molecular complexity index is 882. The van der Waals surface area contributed by atoms with E-state index in [2.05, 4.69) is 49.0 Å². The summed E-state index contributed by atoms with van der Waals surface area (Å²) in [6, 6.07) is 8.58. The van der Waals surface area contributed by atoms with Gasteiger partial charge in [0.25, 0.3) is 5.91 Å². The maximum atomic E-state index is 12.2. The largest absolute Gasteiger partial charge is 0.496 e. The van der Waals surface area contributed by atoms with E-state index in [0.29, 0.717) is 30.7 Å². The first-order chi connectivity index (χ1) is 12.8. The van der Waals surface area contributed by atoms with E-state index < -0.39 is 12.6 Å². The van der Waals surface area contributed by atoms with Crippen molar-refractivity contribution in [1.82, 2.24) is 5.43 Å². The molecule has 2 rings (SSSR count). The Hall–Kier alpha value is -1.41. The highest BCUT2D eigenvalue weighted by Crippen LogP contribution is 2.31. The number of carbonyl (C=O) groups excluding carboxylic acids is 1. The second-order valence-electron chi connectivity index (χ2n) is 5.04. The molecule has 7 nitrogen and oxygen atoms in total. The topological polar surface area (TPSA) is 97.2 Å². The standard InChI is InChI=1S/C17H13BrI2N2O5/c1-26-14-6-10(2-3-12(14)19)17(25)22-21-7-9-4-11(18)16(13(20)5-9)27-8-15(23)24/h2-7H,8H2,1H3,(H,22,25)(H,23,24)/b21-7-. The molecule has 0 aromatic heterocycles. The van der Waals surface area contributed by atoms with Crippen LogP contribution in [0.25, 0.3) is 0 Å². The normalized spacial score (nSPS) is 10.7. The molecule has 0 heterocycles. The number of methoxy groups -OCH3 is 1. The van der Waals surface area contributed by atoms with Gasteiger partial charge in [-0.2, -0.15) is 5.10 Å². The van der Waals surface area contributed by atoms with Crippen LogP contribution >= 0.6 is 61.1 Å². The summed E-state index contributed by atoms with van der Waals surface area (Å²) >= 11 is 7.49. The molecule has 0 aliphatic carbocycles. The first-order valence-electron chi connectivity index (χ1n) is 7.32. The highest BCUT2D eigenvalue weighted by Gasteiger charge is 2.11. The zero-order valence-corrected chi connectivity index (χ0v) is 19.7. The van der Waals surface area contributed by atoms with Gasteiger partial charge in [-0.25, -0.2) is 10.2 Å². The fourth-order valence-electron chi connectivity index (χ4n) is 1.96. The third-order valence-electron chi connectivity index (χ3n) is 3.15. The number of hydrogen-bond acceptors (Lipinski definition) is 5. The Labute approximate surface area is 190 Å². The van der Waals surface area contributed by atoms with Crippen molar-refractivity contribution in [2.75, 3.05) is 13.7 Å². The van der Waals surface area contributed by atoms with Crippen molar-refractivity contribution in [3.8, 4) is 11.5 Å². The van der Waals surface area contributed by atoms with Gasteiger partial charge in [0.05, 0.1) is 24.9 Å². The maximum absolute atomic E-state index is 12.2. The van der Waals surface area contributed by atoms with Crippen LogP contribution in [0.1, 0.15) is 15.9 Å². The van der Waals surface area contributed by atoms with E-state index in [9.17, 15) is 9.59 Å². The molecule has 0 aliphatic heterocycles. The summed E-state index contributed by atoms with van der Waals surface area (Å²) in [5.74, 6) is -0.373. The summed E-state index contributed by atoms with van der Waals surface area (Å²) < 4.78 is 12.6. The zero-order chi connectivity index (χ0) is 20.0. The van der Waals surface area contributed by atoms with Gasteiger partial charge in [0, 0.05) is 5.56 Å². The van der Waals surface area contributed by atoms with Gasteiger partial charge in [-0.3, -0.25) is 4.79 Å². The Morgan fingerprint density at radius 3 is 2.63 bits per heavy atom. The van der Waals surface area contributed by atoms with E-state index in [0.717, 1.165) is 3.57 Å². The van der Waals surface area contributed by atoms with Crippen molar-refractivity contribution in [2.24, 2.45) is 5.10 Å². The number of carboxylic acids is 1. The number of halogens is 3. The third-order valence-corrected chi connectivity index (χ3v) is 5.44. The van der Waals surface area contributed by atoms with Gasteiger partial charge in [0.15, 0.2) is 6.61 Å². The quantitative estimate of drug-likeness (QED) is 0.268. The molecule has 0 atom stereocenters. The van der Waals surface area contributed by atoms with E-state index in [1.807, 2.05) is 22.6 Å². The second kappa shape index (κ2) is 10.2. The van der Waals surface area contributed by atoms with Crippen molar-refractivity contribution in [3.63, 3.8) is 0 Å². The van der Waals surface area contributed by atoms with Gasteiger partial charge in [-0.05, 0) is 97.0 Å². The van der Waals surface area contributed by atoms with Crippen LogP contribution in [-0.4, -0.2) is 36.9 Å². The van der Waals surface area contributed by atoms with Gasteiger partial charge >= 0.3 is 5.97 Å². The number of nitrogens with zero attached hydrogens (tertiary/aromatic N) is 1. The number of amides is 1. The van der Waals surface area contributed by atoms with E-state index in [4.69, 9.17) is 14.6 Å². The minimum Gasteiger partial charge on any atom is -0.496 e. The fraction of sp³-hybridized carbons (Fsp3) is 0.118. The summed E-state index contributed by atoms with van der Waals surface area (Å²) in [6.07, 6.45) is 1.48. The lowest BCUT2D eigenvalue weighted by atomic mass is 10.2. The zero-order valence-electron chi connectivity index (χ0n) is 13.8. The average Bonchev–Trinajstić information content (AvgIpc) is 2.61. The first-order valence-corrected chi connectivity index (χ1v) is 10.3. The van der Waals surface area contributed by atoms with E-state index in [1.54, 1.807) is 37.4 Å². The summed E-state index contributed by atoms with van der Waals surface area (Å²) in [6.45, 7) is -0.433. The Morgan fingerprint density at radius 2 is 2.00 bits per heavy atom. The minimum absolute atomic E-state index is 0.365. The Morgan fingerprint density at radius 1 is 1.26 bits per heavy atom. The van der Waals surface area contributed by atoms with Crippen molar-refractivity contribution in [2.45, 2.75) is 0 Å². The molecule has 0 unspecified atom stereocenters. The molecule has 0 fully saturated rings. The first kappa shape index (κ1) is 21.9. The van der Waals surface area contributed by atoms with Crippen LogP contribution in [0.5, 0.6) is 11.5 Å². The molecule has 0 saturated carbocycles. The molecule has 0 radical (unpaired) electrons. The SMILES string of the molecule is COc1cc(C(=O)N/N=C\c2cc(Br)c(OCC(=O)O)c(I)c2)ccc1I. The molecule has 0 saturated heterocycles. The van der Waals surface area contributed by atoms with E-state index >= 15 is 0 Å². The molecule has 2 aromatic carbocycles. The lowest BCUT2D eigenvalue weighted by Crippen LogP contribution is -2.17. The monoisotopic (exact) mass is 658 g/mol. The van der Waals surface area contributed by atoms with Crippen LogP contribution in [-0.2, 0) is 4.79 Å². The molecule has 10 heteroatoms. The highest BCUT2D eigenvalue weighted by atomic mass is 127. The second-order valence-corrected chi connectivity index (χ2v) is 8.22. The van der Waals surface area contributed by atoms with Crippen LogP contribution in [0.3, 0.4) is 0 Å². The van der Waals surface area contributed by atoms with Gasteiger partial charge < -0.3 is 14.6 Å². The molecule has 142 valence electrons. The molecule has 0 aliphatic rings. The molecule has 2 N–H and O–H groups in total. The lowest BCUT2D eigenvalue weighted by molar-refractivity contribution is -0.139. The van der Waals surface area contributed by atoms with Crippen molar-refractivity contribution in [1.29, 1.82) is 0 Å².